The second-order valence-electron chi connectivity index (χ2n) is 7.40. The molecule has 7 nitrogen and oxygen atoms in total. The molecular formula is C19H24F3N3O4S. The molecule has 1 aliphatic rings. The van der Waals surface area contributed by atoms with Crippen LogP contribution in [-0.2, 0) is 20.8 Å². The lowest BCUT2D eigenvalue weighted by atomic mass is 10.0. The maximum atomic E-state index is 13.8. The van der Waals surface area contributed by atoms with E-state index >= 15 is 0 Å². The minimum Gasteiger partial charge on any atom is -0.480 e. The molecule has 3 atom stereocenters. The average molecular weight is 447 g/mol. The van der Waals surface area contributed by atoms with Gasteiger partial charge in [0, 0.05) is 30.8 Å². The maximum absolute atomic E-state index is 13.8. The number of nitrogens with zero attached hydrogens (tertiary/aromatic N) is 1. The number of thioether (sulfide) groups is 1. The Balaban J connectivity index is 2.00. The van der Waals surface area contributed by atoms with E-state index in [0.29, 0.717) is 17.9 Å². The number of rotatable bonds is 8. The topological polar surface area (TPSA) is 113 Å². The van der Waals surface area contributed by atoms with Crippen LogP contribution in [0.25, 0.3) is 0 Å². The van der Waals surface area contributed by atoms with Crippen molar-refractivity contribution in [3.8, 4) is 0 Å². The molecule has 30 heavy (non-hydrogen) atoms. The smallest absolute Gasteiger partial charge is 0.326 e. The quantitative estimate of drug-likeness (QED) is 0.521. The van der Waals surface area contributed by atoms with E-state index in [2.05, 4.69) is 5.32 Å². The Morgan fingerprint density at radius 3 is 2.47 bits per heavy atom. The van der Waals surface area contributed by atoms with Crippen LogP contribution in [0.15, 0.2) is 12.1 Å². The Hall–Kier alpha value is -2.27. The second kappa shape index (κ2) is 10.2. The summed E-state index contributed by atoms with van der Waals surface area (Å²) >= 11 is 1.20. The number of nitrogens with one attached hydrogen (secondary N) is 1. The molecule has 2 rings (SSSR count). The number of aliphatic carboxylic acids is 1. The highest BCUT2D eigenvalue weighted by atomic mass is 32.2. The lowest BCUT2D eigenvalue weighted by Gasteiger charge is -2.26. The Morgan fingerprint density at radius 2 is 1.87 bits per heavy atom. The molecule has 4 N–H and O–H groups in total. The van der Waals surface area contributed by atoms with Crippen molar-refractivity contribution in [1.82, 2.24) is 10.2 Å². The SMILES string of the molecule is CC(C)C(NC(=O)C1SCCN1C(=O)C[C@H](N)Cc1cc(F)c(F)cc1F)C(=O)O. The summed E-state index contributed by atoms with van der Waals surface area (Å²) in [7, 11) is 0. The molecule has 0 aromatic heterocycles. The van der Waals surface area contributed by atoms with Gasteiger partial charge in [-0.1, -0.05) is 13.8 Å². The van der Waals surface area contributed by atoms with Gasteiger partial charge < -0.3 is 21.1 Å². The Morgan fingerprint density at radius 1 is 1.23 bits per heavy atom. The normalized spacial score (nSPS) is 18.4. The van der Waals surface area contributed by atoms with Crippen molar-refractivity contribution in [2.45, 2.75) is 44.1 Å². The highest BCUT2D eigenvalue weighted by molar-refractivity contribution is 8.00. The summed E-state index contributed by atoms with van der Waals surface area (Å²) in [5.41, 5.74) is 5.75. The van der Waals surface area contributed by atoms with E-state index < -0.39 is 52.7 Å². The summed E-state index contributed by atoms with van der Waals surface area (Å²) in [5.74, 6) is -5.58. The average Bonchev–Trinajstić information content (AvgIpc) is 3.13. The number of hydrogen-bond donors (Lipinski definition) is 3. The Kier molecular flexibility index (Phi) is 8.13. The van der Waals surface area contributed by atoms with Crippen LogP contribution in [0.3, 0.4) is 0 Å². The van der Waals surface area contributed by atoms with Gasteiger partial charge in [0.05, 0.1) is 0 Å². The van der Waals surface area contributed by atoms with Gasteiger partial charge in [-0.25, -0.2) is 18.0 Å². The fraction of sp³-hybridized carbons (Fsp3) is 0.526. The molecular weight excluding hydrogens is 423 g/mol. The van der Waals surface area contributed by atoms with Crippen LogP contribution in [0.5, 0.6) is 0 Å². The van der Waals surface area contributed by atoms with Gasteiger partial charge in [-0.05, 0) is 24.0 Å². The molecule has 1 saturated heterocycles. The summed E-state index contributed by atoms with van der Waals surface area (Å²) in [5, 5.41) is 10.8. The van der Waals surface area contributed by atoms with E-state index in [4.69, 9.17) is 5.73 Å². The van der Waals surface area contributed by atoms with Crippen molar-refractivity contribution < 1.29 is 32.7 Å². The molecule has 11 heteroatoms. The molecule has 0 spiro atoms. The first-order valence-electron chi connectivity index (χ1n) is 9.34. The first-order valence-corrected chi connectivity index (χ1v) is 10.4. The number of nitrogens with two attached hydrogens (primary N) is 1. The molecule has 166 valence electrons. The van der Waals surface area contributed by atoms with E-state index in [1.165, 1.54) is 16.7 Å². The van der Waals surface area contributed by atoms with Gasteiger partial charge in [-0.2, -0.15) is 0 Å². The van der Waals surface area contributed by atoms with E-state index in [9.17, 15) is 32.7 Å². The Bertz CT molecular complexity index is 824. The van der Waals surface area contributed by atoms with E-state index in [0.717, 1.165) is 0 Å². The zero-order chi connectivity index (χ0) is 22.6. The van der Waals surface area contributed by atoms with Crippen LogP contribution >= 0.6 is 11.8 Å². The molecule has 0 radical (unpaired) electrons. The lowest BCUT2D eigenvalue weighted by Crippen LogP contribution is -2.52. The summed E-state index contributed by atoms with van der Waals surface area (Å²) in [4.78, 5) is 37.7. The van der Waals surface area contributed by atoms with Crippen LogP contribution in [0.2, 0.25) is 0 Å². The van der Waals surface area contributed by atoms with Gasteiger partial charge in [0.2, 0.25) is 5.91 Å². The zero-order valence-corrected chi connectivity index (χ0v) is 17.3. The Labute approximate surface area is 176 Å². The van der Waals surface area contributed by atoms with Crippen LogP contribution < -0.4 is 11.1 Å². The van der Waals surface area contributed by atoms with Crippen LogP contribution in [0.1, 0.15) is 25.8 Å². The summed E-state index contributed by atoms with van der Waals surface area (Å²) in [6, 6.07) is -0.845. The molecule has 1 aromatic rings. The first kappa shape index (κ1) is 24.0. The molecule has 0 aliphatic carbocycles. The molecule has 1 fully saturated rings. The van der Waals surface area contributed by atoms with Crippen LogP contribution in [0.4, 0.5) is 13.2 Å². The summed E-state index contributed by atoms with van der Waals surface area (Å²) < 4.78 is 40.2. The highest BCUT2D eigenvalue weighted by Crippen LogP contribution is 2.25. The molecule has 1 heterocycles. The third kappa shape index (κ3) is 5.88. The molecule has 0 saturated carbocycles. The van der Waals surface area contributed by atoms with Gasteiger partial charge in [0.25, 0.3) is 5.91 Å². The summed E-state index contributed by atoms with van der Waals surface area (Å²) in [6.45, 7) is 3.58. The van der Waals surface area contributed by atoms with Crippen LogP contribution in [-0.4, -0.2) is 57.5 Å². The van der Waals surface area contributed by atoms with E-state index in [1.807, 2.05) is 0 Å². The minimum atomic E-state index is -1.31. The van der Waals surface area contributed by atoms with Crippen molar-refractivity contribution in [3.05, 3.63) is 35.1 Å². The van der Waals surface area contributed by atoms with Gasteiger partial charge >= 0.3 is 5.97 Å². The van der Waals surface area contributed by atoms with Gasteiger partial charge in [0.1, 0.15) is 11.9 Å². The van der Waals surface area contributed by atoms with Crippen molar-refractivity contribution in [2.24, 2.45) is 11.7 Å². The minimum absolute atomic E-state index is 0.152. The van der Waals surface area contributed by atoms with Crippen molar-refractivity contribution in [1.29, 1.82) is 0 Å². The monoisotopic (exact) mass is 447 g/mol. The molecule has 1 aliphatic heterocycles. The number of halogens is 3. The molecule has 0 bridgehead atoms. The van der Waals surface area contributed by atoms with E-state index in [-0.39, 0.29) is 30.9 Å². The highest BCUT2D eigenvalue weighted by Gasteiger charge is 2.37. The third-order valence-corrected chi connectivity index (χ3v) is 5.88. The lowest BCUT2D eigenvalue weighted by molar-refractivity contribution is -0.144. The number of benzene rings is 1. The predicted molar refractivity (Wildman–Crippen MR) is 105 cm³/mol. The zero-order valence-electron chi connectivity index (χ0n) is 16.5. The fourth-order valence-corrected chi connectivity index (χ4v) is 4.24. The number of carboxylic acids is 1. The number of carboxylic acid groups (broad SMARTS) is 1. The number of amides is 2. The molecule has 2 unspecified atom stereocenters. The summed E-state index contributed by atoms with van der Waals surface area (Å²) in [6.07, 6.45) is -0.434. The van der Waals surface area contributed by atoms with Crippen molar-refractivity contribution in [2.75, 3.05) is 12.3 Å². The predicted octanol–water partition coefficient (Wildman–Crippen LogP) is 1.49. The van der Waals surface area contributed by atoms with E-state index in [1.54, 1.807) is 13.8 Å². The van der Waals surface area contributed by atoms with Gasteiger partial charge in [-0.3, -0.25) is 9.59 Å². The largest absolute Gasteiger partial charge is 0.480 e. The molecule has 2 amide bonds. The fourth-order valence-electron chi connectivity index (χ4n) is 3.10. The first-order chi connectivity index (χ1) is 14.0. The third-order valence-electron chi connectivity index (χ3n) is 4.67. The number of carbonyl (C=O) groups excluding carboxylic acids is 2. The van der Waals surface area contributed by atoms with Crippen molar-refractivity contribution >= 4 is 29.5 Å². The van der Waals surface area contributed by atoms with Gasteiger partial charge in [0.15, 0.2) is 17.0 Å². The second-order valence-corrected chi connectivity index (χ2v) is 8.59. The molecule has 1 aromatic carbocycles. The number of carbonyl (C=O) groups is 3. The number of hydrogen-bond acceptors (Lipinski definition) is 5. The van der Waals surface area contributed by atoms with Crippen molar-refractivity contribution in [3.63, 3.8) is 0 Å². The van der Waals surface area contributed by atoms with Gasteiger partial charge in [-0.15, -0.1) is 11.8 Å². The maximum Gasteiger partial charge on any atom is 0.326 e. The standard InChI is InChI=1S/C19H24F3N3O4S/c1-9(2)16(19(28)29)24-17(27)18-25(3-4-30-18)15(26)7-11(23)5-10-6-13(21)14(22)8-12(10)20/h6,8-9,11,16,18H,3-5,7,23H2,1-2H3,(H,24,27)(H,28,29)/t11-,16?,18?/m1/s1. The van der Waals surface area contributed by atoms with Crippen LogP contribution in [0, 0.1) is 23.4 Å².